The fourth-order valence-corrected chi connectivity index (χ4v) is 4.12. The summed E-state index contributed by atoms with van der Waals surface area (Å²) in [6.07, 6.45) is 8.49. The number of amides is 1. The molecule has 25 heavy (non-hydrogen) atoms. The standard InChI is InChI=1S/C19H25N5O/c1-13-20-10-11-24(13)17-9-5-2-6-14(17)12-21-19(25)18-15-7-3-4-8-16(15)22-23-18/h2,5-6,9-11,15-16,18,22-23H,3-4,7-8,12H2,1H3,(H,21,25). The summed E-state index contributed by atoms with van der Waals surface area (Å²) in [7, 11) is 0. The first kappa shape index (κ1) is 16.3. The Morgan fingerprint density at radius 3 is 2.96 bits per heavy atom. The molecule has 6 nitrogen and oxygen atoms in total. The van der Waals surface area contributed by atoms with E-state index in [4.69, 9.17) is 0 Å². The Bertz CT molecular complexity index is 756. The highest BCUT2D eigenvalue weighted by Crippen LogP contribution is 2.30. The average Bonchev–Trinajstić information content (AvgIpc) is 3.26. The van der Waals surface area contributed by atoms with Gasteiger partial charge in [-0.3, -0.25) is 10.2 Å². The van der Waals surface area contributed by atoms with Crippen molar-refractivity contribution in [1.29, 1.82) is 0 Å². The number of aryl methyl sites for hydroxylation is 1. The third kappa shape index (κ3) is 3.19. The number of fused-ring (bicyclic) bond motifs is 1. The van der Waals surface area contributed by atoms with Gasteiger partial charge in [-0.1, -0.05) is 31.0 Å². The van der Waals surface area contributed by atoms with Crippen LogP contribution >= 0.6 is 0 Å². The Kier molecular flexibility index (Phi) is 4.55. The van der Waals surface area contributed by atoms with Crippen molar-refractivity contribution in [2.45, 2.75) is 51.2 Å². The van der Waals surface area contributed by atoms with Crippen LogP contribution in [0.15, 0.2) is 36.7 Å². The highest BCUT2D eigenvalue weighted by atomic mass is 16.2. The maximum atomic E-state index is 12.7. The minimum absolute atomic E-state index is 0.0825. The van der Waals surface area contributed by atoms with Gasteiger partial charge in [-0.15, -0.1) is 0 Å². The van der Waals surface area contributed by atoms with Crippen LogP contribution in [0.3, 0.4) is 0 Å². The van der Waals surface area contributed by atoms with Crippen molar-refractivity contribution in [3.8, 4) is 5.69 Å². The van der Waals surface area contributed by atoms with E-state index in [1.165, 1.54) is 12.8 Å². The van der Waals surface area contributed by atoms with Gasteiger partial charge in [-0.05, 0) is 31.4 Å². The predicted octanol–water partition coefficient (Wildman–Crippen LogP) is 1.83. The summed E-state index contributed by atoms with van der Waals surface area (Å²) in [5.41, 5.74) is 8.66. The minimum atomic E-state index is -0.132. The number of carbonyl (C=O) groups excluding carboxylic acids is 1. The predicted molar refractivity (Wildman–Crippen MR) is 96.0 cm³/mol. The SMILES string of the molecule is Cc1nccn1-c1ccccc1CNC(=O)C1NNC2CCCCC21. The fourth-order valence-electron chi connectivity index (χ4n) is 4.12. The van der Waals surface area contributed by atoms with E-state index in [0.717, 1.165) is 29.9 Å². The Morgan fingerprint density at radius 1 is 1.28 bits per heavy atom. The molecular weight excluding hydrogens is 314 g/mol. The minimum Gasteiger partial charge on any atom is -0.351 e. The lowest BCUT2D eigenvalue weighted by Crippen LogP contribution is -2.45. The molecule has 0 radical (unpaired) electrons. The smallest absolute Gasteiger partial charge is 0.239 e. The first-order valence-corrected chi connectivity index (χ1v) is 9.11. The van der Waals surface area contributed by atoms with E-state index in [9.17, 15) is 4.79 Å². The van der Waals surface area contributed by atoms with E-state index in [-0.39, 0.29) is 11.9 Å². The highest BCUT2D eigenvalue weighted by Gasteiger charge is 2.40. The molecule has 6 heteroatoms. The second-order valence-corrected chi connectivity index (χ2v) is 7.01. The van der Waals surface area contributed by atoms with Gasteiger partial charge < -0.3 is 9.88 Å². The topological polar surface area (TPSA) is 71.0 Å². The lowest BCUT2D eigenvalue weighted by molar-refractivity contribution is -0.124. The van der Waals surface area contributed by atoms with E-state index in [2.05, 4.69) is 33.3 Å². The summed E-state index contributed by atoms with van der Waals surface area (Å²) in [5, 5.41) is 3.12. The number of hydrogen-bond acceptors (Lipinski definition) is 4. The van der Waals surface area contributed by atoms with Gasteiger partial charge >= 0.3 is 0 Å². The van der Waals surface area contributed by atoms with Gasteiger partial charge in [0, 0.05) is 30.9 Å². The molecule has 2 fully saturated rings. The monoisotopic (exact) mass is 339 g/mol. The number of imidazole rings is 1. The van der Waals surface area contributed by atoms with E-state index >= 15 is 0 Å². The molecule has 2 aliphatic rings. The molecule has 1 saturated carbocycles. The van der Waals surface area contributed by atoms with Crippen LogP contribution in [0.1, 0.15) is 37.1 Å². The van der Waals surface area contributed by atoms with Gasteiger partial charge in [0.25, 0.3) is 0 Å². The van der Waals surface area contributed by atoms with Gasteiger partial charge in [0.2, 0.25) is 5.91 Å². The third-order valence-electron chi connectivity index (χ3n) is 5.48. The zero-order valence-electron chi connectivity index (χ0n) is 14.5. The van der Waals surface area contributed by atoms with Crippen molar-refractivity contribution >= 4 is 5.91 Å². The largest absolute Gasteiger partial charge is 0.351 e. The molecule has 1 aromatic heterocycles. The number of benzene rings is 1. The van der Waals surface area contributed by atoms with Crippen molar-refractivity contribution in [1.82, 2.24) is 25.7 Å². The van der Waals surface area contributed by atoms with E-state index in [0.29, 0.717) is 18.5 Å². The molecule has 0 bridgehead atoms. The Labute approximate surface area is 148 Å². The van der Waals surface area contributed by atoms with Crippen LogP contribution in [0, 0.1) is 12.8 Å². The molecule has 1 aromatic carbocycles. The molecule has 4 rings (SSSR count). The summed E-state index contributed by atoms with van der Waals surface area (Å²) in [5.74, 6) is 1.42. The lowest BCUT2D eigenvalue weighted by atomic mass is 9.81. The van der Waals surface area contributed by atoms with Crippen LogP contribution < -0.4 is 16.2 Å². The van der Waals surface area contributed by atoms with Crippen LogP contribution in [0.5, 0.6) is 0 Å². The van der Waals surface area contributed by atoms with Crippen LogP contribution in [0.4, 0.5) is 0 Å². The Hall–Kier alpha value is -2.18. The molecule has 3 atom stereocenters. The van der Waals surface area contributed by atoms with Crippen molar-refractivity contribution < 1.29 is 4.79 Å². The number of hydrazine groups is 1. The Balaban J connectivity index is 1.45. The number of hydrogen-bond donors (Lipinski definition) is 3. The number of nitrogens with one attached hydrogen (secondary N) is 3. The van der Waals surface area contributed by atoms with Gasteiger partial charge in [0.05, 0.1) is 5.69 Å². The molecule has 3 unspecified atom stereocenters. The summed E-state index contributed by atoms with van der Waals surface area (Å²) in [6.45, 7) is 2.49. The molecular formula is C19H25N5O. The summed E-state index contributed by atoms with van der Waals surface area (Å²) >= 11 is 0. The molecule has 2 heterocycles. The first-order valence-electron chi connectivity index (χ1n) is 9.11. The van der Waals surface area contributed by atoms with E-state index in [1.807, 2.05) is 29.8 Å². The summed E-state index contributed by atoms with van der Waals surface area (Å²) in [4.78, 5) is 17.0. The average molecular weight is 339 g/mol. The Morgan fingerprint density at radius 2 is 2.12 bits per heavy atom. The number of carbonyl (C=O) groups is 1. The molecule has 2 aromatic rings. The lowest BCUT2D eigenvalue weighted by Gasteiger charge is -2.26. The highest BCUT2D eigenvalue weighted by molar-refractivity contribution is 5.82. The van der Waals surface area contributed by atoms with Crippen LogP contribution in [0.25, 0.3) is 5.69 Å². The quantitative estimate of drug-likeness (QED) is 0.795. The number of para-hydroxylation sites is 1. The first-order chi connectivity index (χ1) is 12.2. The maximum absolute atomic E-state index is 12.7. The van der Waals surface area contributed by atoms with Crippen LogP contribution in [0.2, 0.25) is 0 Å². The number of nitrogens with zero attached hydrogens (tertiary/aromatic N) is 2. The number of aromatic nitrogens is 2. The van der Waals surface area contributed by atoms with Gasteiger partial charge in [-0.25, -0.2) is 10.4 Å². The van der Waals surface area contributed by atoms with Crippen molar-refractivity contribution in [3.63, 3.8) is 0 Å². The third-order valence-corrected chi connectivity index (χ3v) is 5.48. The molecule has 1 aliphatic heterocycles. The second kappa shape index (κ2) is 6.98. The van der Waals surface area contributed by atoms with Crippen LogP contribution in [-0.2, 0) is 11.3 Å². The van der Waals surface area contributed by atoms with Crippen molar-refractivity contribution in [3.05, 3.63) is 48.0 Å². The molecule has 132 valence electrons. The van der Waals surface area contributed by atoms with Crippen LogP contribution in [-0.4, -0.2) is 27.5 Å². The number of rotatable bonds is 4. The van der Waals surface area contributed by atoms with Crippen molar-refractivity contribution in [2.75, 3.05) is 0 Å². The summed E-state index contributed by atoms with van der Waals surface area (Å²) in [6, 6.07) is 8.43. The molecule has 1 amide bonds. The van der Waals surface area contributed by atoms with Gasteiger partial charge in [0.15, 0.2) is 0 Å². The second-order valence-electron chi connectivity index (χ2n) is 7.01. The normalized spacial score (nSPS) is 25.6. The molecule has 1 saturated heterocycles. The summed E-state index contributed by atoms with van der Waals surface area (Å²) < 4.78 is 2.05. The zero-order valence-corrected chi connectivity index (χ0v) is 14.5. The maximum Gasteiger partial charge on any atom is 0.239 e. The molecule has 3 N–H and O–H groups in total. The zero-order chi connectivity index (χ0) is 17.2. The van der Waals surface area contributed by atoms with Crippen molar-refractivity contribution in [2.24, 2.45) is 5.92 Å². The van der Waals surface area contributed by atoms with Gasteiger partial charge in [-0.2, -0.15) is 0 Å². The van der Waals surface area contributed by atoms with Gasteiger partial charge in [0.1, 0.15) is 11.9 Å². The fraction of sp³-hybridized carbons (Fsp3) is 0.474. The van der Waals surface area contributed by atoms with E-state index in [1.54, 1.807) is 6.20 Å². The van der Waals surface area contributed by atoms with E-state index < -0.39 is 0 Å². The molecule has 1 aliphatic carbocycles. The molecule has 0 spiro atoms.